The predicted molar refractivity (Wildman–Crippen MR) is 112 cm³/mol. The molecule has 0 amide bonds. The van der Waals surface area contributed by atoms with E-state index in [1.54, 1.807) is 7.11 Å². The topological polar surface area (TPSA) is 30.8 Å². The van der Waals surface area contributed by atoms with Gasteiger partial charge in [0.15, 0.2) is 11.5 Å². The molecular formula is C23H22ClNO2. The van der Waals surface area contributed by atoms with Gasteiger partial charge < -0.3 is 9.47 Å². The monoisotopic (exact) mass is 379 g/mol. The molecule has 0 aliphatic carbocycles. The summed E-state index contributed by atoms with van der Waals surface area (Å²) in [5, 5.41) is 0.689. The Morgan fingerprint density at radius 3 is 2.56 bits per heavy atom. The second-order valence-electron chi connectivity index (χ2n) is 6.27. The quantitative estimate of drug-likeness (QED) is 0.471. The minimum atomic E-state index is 0.381. The van der Waals surface area contributed by atoms with Gasteiger partial charge >= 0.3 is 0 Å². The fourth-order valence-electron chi connectivity index (χ4n) is 2.67. The van der Waals surface area contributed by atoms with Gasteiger partial charge in [-0.25, -0.2) is 0 Å². The van der Waals surface area contributed by atoms with Crippen LogP contribution in [0.1, 0.15) is 22.3 Å². The van der Waals surface area contributed by atoms with Crippen LogP contribution < -0.4 is 9.47 Å². The first-order chi connectivity index (χ1) is 13.1. The Bertz CT molecular complexity index is 966. The van der Waals surface area contributed by atoms with E-state index in [1.807, 2.05) is 60.8 Å². The van der Waals surface area contributed by atoms with Gasteiger partial charge in [0.25, 0.3) is 0 Å². The minimum Gasteiger partial charge on any atom is -0.493 e. The first-order valence-electron chi connectivity index (χ1n) is 8.73. The van der Waals surface area contributed by atoms with Crippen molar-refractivity contribution in [1.29, 1.82) is 0 Å². The van der Waals surface area contributed by atoms with Crippen molar-refractivity contribution >= 4 is 23.5 Å². The summed E-state index contributed by atoms with van der Waals surface area (Å²) in [6, 6.07) is 19.5. The summed E-state index contributed by atoms with van der Waals surface area (Å²) in [7, 11) is 1.63. The number of halogens is 1. The molecule has 138 valence electrons. The molecule has 0 bridgehead atoms. The van der Waals surface area contributed by atoms with Crippen LogP contribution in [0.25, 0.3) is 0 Å². The predicted octanol–water partition coefficient (Wildman–Crippen LogP) is 6.30. The lowest BCUT2D eigenvalue weighted by atomic mass is 10.1. The van der Waals surface area contributed by atoms with Crippen LogP contribution in [0.2, 0.25) is 5.02 Å². The summed E-state index contributed by atoms with van der Waals surface area (Å²) >= 11 is 6.18. The maximum absolute atomic E-state index is 6.18. The van der Waals surface area contributed by atoms with Crippen LogP contribution in [0.3, 0.4) is 0 Å². The molecule has 0 atom stereocenters. The van der Waals surface area contributed by atoms with Crippen LogP contribution in [0, 0.1) is 13.8 Å². The average Bonchev–Trinajstić information content (AvgIpc) is 2.69. The zero-order valence-electron chi connectivity index (χ0n) is 15.7. The standard InChI is InChI=1S/C23H22ClNO2/c1-16-7-6-10-21(17(16)2)25-14-18-11-12-22(23(13-18)26-3)27-15-19-8-4-5-9-20(19)24/h4-14H,15H2,1-3H3. The molecule has 0 fully saturated rings. The zero-order valence-corrected chi connectivity index (χ0v) is 16.5. The molecule has 0 saturated carbocycles. The second kappa shape index (κ2) is 8.74. The number of aliphatic imine (C=N–C) groups is 1. The Hall–Kier alpha value is -2.78. The number of methoxy groups -OCH3 is 1. The number of aryl methyl sites for hydroxylation is 1. The van der Waals surface area contributed by atoms with Crippen LogP contribution in [-0.4, -0.2) is 13.3 Å². The summed E-state index contributed by atoms with van der Waals surface area (Å²) < 4.78 is 11.4. The van der Waals surface area contributed by atoms with Crippen molar-refractivity contribution in [2.24, 2.45) is 4.99 Å². The van der Waals surface area contributed by atoms with E-state index in [0.717, 1.165) is 16.8 Å². The van der Waals surface area contributed by atoms with Gasteiger partial charge in [-0.2, -0.15) is 0 Å². The molecule has 0 radical (unpaired) electrons. The van der Waals surface area contributed by atoms with Crippen LogP contribution >= 0.6 is 11.6 Å². The molecule has 0 unspecified atom stereocenters. The van der Waals surface area contributed by atoms with Crippen molar-refractivity contribution in [3.63, 3.8) is 0 Å². The van der Waals surface area contributed by atoms with E-state index in [-0.39, 0.29) is 0 Å². The zero-order chi connectivity index (χ0) is 19.2. The van der Waals surface area contributed by atoms with Gasteiger partial charge in [-0.15, -0.1) is 0 Å². The molecule has 3 nitrogen and oxygen atoms in total. The van der Waals surface area contributed by atoms with Crippen molar-refractivity contribution in [2.45, 2.75) is 20.5 Å². The number of ether oxygens (including phenoxy) is 2. The highest BCUT2D eigenvalue weighted by atomic mass is 35.5. The molecule has 4 heteroatoms. The maximum Gasteiger partial charge on any atom is 0.161 e. The van der Waals surface area contributed by atoms with Crippen molar-refractivity contribution in [1.82, 2.24) is 0 Å². The average molecular weight is 380 g/mol. The molecule has 0 aromatic heterocycles. The van der Waals surface area contributed by atoms with Crippen molar-refractivity contribution in [3.8, 4) is 11.5 Å². The van der Waals surface area contributed by atoms with Gasteiger partial charge in [0.05, 0.1) is 12.8 Å². The Morgan fingerprint density at radius 2 is 1.78 bits per heavy atom. The number of rotatable bonds is 6. The Kier molecular flexibility index (Phi) is 6.15. The highest BCUT2D eigenvalue weighted by Gasteiger charge is 2.07. The maximum atomic E-state index is 6.18. The normalized spacial score (nSPS) is 11.0. The molecule has 27 heavy (non-hydrogen) atoms. The Labute approximate surface area is 165 Å². The molecule has 0 saturated heterocycles. The Morgan fingerprint density at radius 1 is 0.963 bits per heavy atom. The molecule has 3 aromatic carbocycles. The lowest BCUT2D eigenvalue weighted by molar-refractivity contribution is 0.284. The summed E-state index contributed by atoms with van der Waals surface area (Å²) in [6.07, 6.45) is 1.84. The van der Waals surface area contributed by atoms with Gasteiger partial charge in [0, 0.05) is 16.8 Å². The van der Waals surface area contributed by atoms with E-state index in [4.69, 9.17) is 21.1 Å². The van der Waals surface area contributed by atoms with E-state index in [0.29, 0.717) is 23.1 Å². The lowest BCUT2D eigenvalue weighted by Crippen LogP contribution is -1.99. The third-order valence-corrected chi connectivity index (χ3v) is 4.83. The SMILES string of the molecule is COc1cc(C=Nc2cccc(C)c2C)ccc1OCc1ccccc1Cl. The molecular weight excluding hydrogens is 358 g/mol. The first kappa shape index (κ1) is 19.0. The van der Waals surface area contributed by atoms with Crippen LogP contribution in [0.5, 0.6) is 11.5 Å². The van der Waals surface area contributed by atoms with Crippen LogP contribution in [0.15, 0.2) is 65.7 Å². The number of benzene rings is 3. The van der Waals surface area contributed by atoms with E-state index in [1.165, 1.54) is 11.1 Å². The minimum absolute atomic E-state index is 0.381. The molecule has 3 aromatic rings. The third-order valence-electron chi connectivity index (χ3n) is 4.46. The van der Waals surface area contributed by atoms with Gasteiger partial charge in [-0.1, -0.05) is 41.9 Å². The van der Waals surface area contributed by atoms with Crippen molar-refractivity contribution in [3.05, 3.63) is 87.9 Å². The van der Waals surface area contributed by atoms with E-state index in [2.05, 4.69) is 24.9 Å². The summed E-state index contributed by atoms with van der Waals surface area (Å²) in [6.45, 7) is 4.54. The summed E-state index contributed by atoms with van der Waals surface area (Å²) in [5.41, 5.74) is 5.25. The van der Waals surface area contributed by atoms with Crippen LogP contribution in [0.4, 0.5) is 5.69 Å². The second-order valence-corrected chi connectivity index (χ2v) is 6.67. The van der Waals surface area contributed by atoms with E-state index >= 15 is 0 Å². The van der Waals surface area contributed by atoms with Crippen LogP contribution in [-0.2, 0) is 6.61 Å². The highest BCUT2D eigenvalue weighted by Crippen LogP contribution is 2.29. The van der Waals surface area contributed by atoms with E-state index < -0.39 is 0 Å². The van der Waals surface area contributed by atoms with Crippen molar-refractivity contribution < 1.29 is 9.47 Å². The van der Waals surface area contributed by atoms with Gasteiger partial charge in [-0.3, -0.25) is 4.99 Å². The highest BCUT2D eigenvalue weighted by molar-refractivity contribution is 6.31. The van der Waals surface area contributed by atoms with Crippen molar-refractivity contribution in [2.75, 3.05) is 7.11 Å². The number of hydrogen-bond acceptors (Lipinski definition) is 3. The van der Waals surface area contributed by atoms with Gasteiger partial charge in [0.2, 0.25) is 0 Å². The first-order valence-corrected chi connectivity index (χ1v) is 9.11. The van der Waals surface area contributed by atoms with Gasteiger partial charge in [-0.05, 0) is 60.9 Å². The third kappa shape index (κ3) is 4.69. The summed E-state index contributed by atoms with van der Waals surface area (Å²) in [4.78, 5) is 4.61. The molecule has 0 aliphatic heterocycles. The van der Waals surface area contributed by atoms with E-state index in [9.17, 15) is 0 Å². The largest absolute Gasteiger partial charge is 0.493 e. The molecule has 3 rings (SSSR count). The fraction of sp³-hybridized carbons (Fsp3) is 0.174. The fourth-order valence-corrected chi connectivity index (χ4v) is 2.86. The smallest absolute Gasteiger partial charge is 0.161 e. The lowest BCUT2D eigenvalue weighted by Gasteiger charge is -2.12. The molecule has 0 spiro atoms. The molecule has 0 aliphatic rings. The summed E-state index contributed by atoms with van der Waals surface area (Å²) in [5.74, 6) is 1.33. The Balaban J connectivity index is 1.77. The molecule has 0 N–H and O–H groups in total. The number of hydrogen-bond donors (Lipinski definition) is 0. The van der Waals surface area contributed by atoms with Gasteiger partial charge in [0.1, 0.15) is 6.61 Å². The molecule has 0 heterocycles. The number of nitrogens with zero attached hydrogens (tertiary/aromatic N) is 1.